The second-order valence-electron chi connectivity index (χ2n) is 9.39. The maximum absolute atomic E-state index is 13.5. The minimum Gasteiger partial charge on any atom is -0.497 e. The van der Waals surface area contributed by atoms with Gasteiger partial charge in [0.05, 0.1) is 18.7 Å². The van der Waals surface area contributed by atoms with Gasteiger partial charge in [0, 0.05) is 43.2 Å². The van der Waals surface area contributed by atoms with Gasteiger partial charge in [-0.3, -0.25) is 19.8 Å². The van der Waals surface area contributed by atoms with E-state index in [0.717, 1.165) is 62.6 Å². The molecule has 3 aromatic rings. The number of fused-ring (bicyclic) bond motifs is 1. The van der Waals surface area contributed by atoms with E-state index < -0.39 is 0 Å². The minimum absolute atomic E-state index is 0.166. The molecule has 1 atom stereocenters. The standard InChI is InChI=1S/C29H32N4O3S/c1-36-23-14-12-22(13-15-23)27(34)31-29-30-26-24(10-5-11-25(26)37-29)28(35)33-19-17-32(18-20-33)16-6-9-21-7-3-2-4-8-21/h2-4,6-9,12-15,24H,5,10-11,16-20H2,1H3,(H,30,31,34)/b9-6+. The number of aryl methyl sites for hydroxylation is 1. The number of methoxy groups -OCH3 is 1. The molecule has 7 nitrogen and oxygen atoms in total. The normalized spacial score (nSPS) is 18.0. The van der Waals surface area contributed by atoms with E-state index in [-0.39, 0.29) is 17.7 Å². The molecule has 2 aliphatic rings. The predicted octanol–water partition coefficient (Wildman–Crippen LogP) is 4.68. The van der Waals surface area contributed by atoms with Gasteiger partial charge in [-0.25, -0.2) is 4.98 Å². The molecule has 37 heavy (non-hydrogen) atoms. The highest BCUT2D eigenvalue weighted by Gasteiger charge is 2.34. The molecular formula is C29H32N4O3S. The Morgan fingerprint density at radius 3 is 2.57 bits per heavy atom. The maximum atomic E-state index is 13.5. The van der Waals surface area contributed by atoms with E-state index in [4.69, 9.17) is 9.72 Å². The summed E-state index contributed by atoms with van der Waals surface area (Å²) in [7, 11) is 1.59. The largest absolute Gasteiger partial charge is 0.497 e. The summed E-state index contributed by atoms with van der Waals surface area (Å²) < 4.78 is 5.16. The summed E-state index contributed by atoms with van der Waals surface area (Å²) in [6.45, 7) is 4.08. The number of ether oxygens (including phenoxy) is 1. The first-order chi connectivity index (χ1) is 18.1. The van der Waals surface area contributed by atoms with E-state index >= 15 is 0 Å². The molecule has 192 valence electrons. The van der Waals surface area contributed by atoms with Gasteiger partial charge in [0.25, 0.3) is 5.91 Å². The van der Waals surface area contributed by atoms with Crippen LogP contribution in [0.25, 0.3) is 6.08 Å². The number of hydrogen-bond acceptors (Lipinski definition) is 6. The van der Waals surface area contributed by atoms with Crippen LogP contribution in [0, 0.1) is 0 Å². The van der Waals surface area contributed by atoms with Crippen molar-refractivity contribution in [2.75, 3.05) is 45.2 Å². The second kappa shape index (κ2) is 11.7. The number of carbonyl (C=O) groups excluding carboxylic acids is 2. The monoisotopic (exact) mass is 516 g/mol. The highest BCUT2D eigenvalue weighted by Crippen LogP contribution is 2.38. The van der Waals surface area contributed by atoms with Gasteiger partial charge in [0.1, 0.15) is 5.75 Å². The minimum atomic E-state index is -0.226. The van der Waals surface area contributed by atoms with Crippen LogP contribution in [0.2, 0.25) is 0 Å². The molecule has 1 aliphatic carbocycles. The predicted molar refractivity (Wildman–Crippen MR) is 147 cm³/mol. The highest BCUT2D eigenvalue weighted by atomic mass is 32.1. The zero-order chi connectivity index (χ0) is 25.6. The average Bonchev–Trinajstić information content (AvgIpc) is 3.36. The fraction of sp³-hybridized carbons (Fsp3) is 0.345. The summed E-state index contributed by atoms with van der Waals surface area (Å²) in [5, 5.41) is 3.47. The van der Waals surface area contributed by atoms with Crippen LogP contribution in [0.1, 0.15) is 45.3 Å². The van der Waals surface area contributed by atoms with Gasteiger partial charge in [-0.15, -0.1) is 11.3 Å². The lowest BCUT2D eigenvalue weighted by Gasteiger charge is -2.36. The Hall–Kier alpha value is -3.49. The van der Waals surface area contributed by atoms with Crippen LogP contribution in [0.5, 0.6) is 5.75 Å². The Balaban J connectivity index is 1.17. The number of rotatable bonds is 7. The molecule has 1 unspecified atom stereocenters. The van der Waals surface area contributed by atoms with Crippen LogP contribution in [0.3, 0.4) is 0 Å². The molecule has 2 heterocycles. The molecule has 0 radical (unpaired) electrons. The van der Waals surface area contributed by atoms with Crippen molar-refractivity contribution in [1.29, 1.82) is 0 Å². The van der Waals surface area contributed by atoms with Crippen molar-refractivity contribution >= 4 is 34.4 Å². The number of aromatic nitrogens is 1. The fourth-order valence-electron chi connectivity index (χ4n) is 4.90. The summed E-state index contributed by atoms with van der Waals surface area (Å²) in [5.41, 5.74) is 2.59. The third kappa shape index (κ3) is 6.09. The zero-order valence-corrected chi connectivity index (χ0v) is 21.9. The van der Waals surface area contributed by atoms with Crippen molar-refractivity contribution in [1.82, 2.24) is 14.8 Å². The number of anilines is 1. The van der Waals surface area contributed by atoms with E-state index in [2.05, 4.69) is 34.5 Å². The molecule has 1 aromatic heterocycles. The fourth-order valence-corrected chi connectivity index (χ4v) is 5.96. The quantitative estimate of drug-likeness (QED) is 0.494. The lowest BCUT2D eigenvalue weighted by molar-refractivity contribution is -0.134. The number of carbonyl (C=O) groups is 2. The molecule has 0 saturated carbocycles. The Morgan fingerprint density at radius 2 is 1.84 bits per heavy atom. The molecule has 1 N–H and O–H groups in total. The number of nitrogens with one attached hydrogen (secondary N) is 1. The van der Waals surface area contributed by atoms with Crippen molar-refractivity contribution in [2.45, 2.75) is 25.2 Å². The van der Waals surface area contributed by atoms with Gasteiger partial charge in [0.2, 0.25) is 5.91 Å². The first-order valence-electron chi connectivity index (χ1n) is 12.8. The van der Waals surface area contributed by atoms with Gasteiger partial charge in [-0.2, -0.15) is 0 Å². The lowest BCUT2D eigenvalue weighted by atomic mass is 9.89. The maximum Gasteiger partial charge on any atom is 0.257 e. The van der Waals surface area contributed by atoms with Crippen molar-refractivity contribution < 1.29 is 14.3 Å². The number of amides is 2. The molecule has 0 spiro atoms. The molecule has 8 heteroatoms. The summed E-state index contributed by atoms with van der Waals surface area (Å²) in [5.74, 6) is 0.427. The van der Waals surface area contributed by atoms with Crippen molar-refractivity contribution in [3.63, 3.8) is 0 Å². The Morgan fingerprint density at radius 1 is 1.08 bits per heavy atom. The van der Waals surface area contributed by atoms with Crippen LogP contribution >= 0.6 is 11.3 Å². The molecular weight excluding hydrogens is 484 g/mol. The topological polar surface area (TPSA) is 74.8 Å². The van der Waals surface area contributed by atoms with Crippen molar-refractivity contribution in [3.05, 3.63) is 82.4 Å². The van der Waals surface area contributed by atoms with Gasteiger partial charge in [0.15, 0.2) is 5.13 Å². The first kappa shape index (κ1) is 25.2. The zero-order valence-electron chi connectivity index (χ0n) is 21.1. The number of benzene rings is 2. The highest BCUT2D eigenvalue weighted by molar-refractivity contribution is 7.16. The lowest BCUT2D eigenvalue weighted by Crippen LogP contribution is -2.50. The number of hydrogen-bond donors (Lipinski definition) is 1. The molecule has 2 amide bonds. The van der Waals surface area contributed by atoms with Gasteiger partial charge >= 0.3 is 0 Å². The molecule has 1 aliphatic heterocycles. The summed E-state index contributed by atoms with van der Waals surface area (Å²) in [6, 6.07) is 17.3. The molecule has 0 bridgehead atoms. The van der Waals surface area contributed by atoms with Crippen LogP contribution in [0.15, 0.2) is 60.7 Å². The SMILES string of the molecule is COc1ccc(C(=O)Nc2nc3c(s2)CCCC3C(=O)N2CCN(C/C=C/c3ccccc3)CC2)cc1. The molecule has 2 aromatic carbocycles. The van der Waals surface area contributed by atoms with Crippen LogP contribution in [-0.4, -0.2) is 66.4 Å². The number of nitrogens with zero attached hydrogens (tertiary/aromatic N) is 3. The third-order valence-electron chi connectivity index (χ3n) is 6.98. The van der Waals surface area contributed by atoms with E-state index in [1.165, 1.54) is 16.9 Å². The molecule has 5 rings (SSSR count). The number of piperazine rings is 1. The van der Waals surface area contributed by atoms with Crippen LogP contribution in [-0.2, 0) is 11.2 Å². The molecule has 1 fully saturated rings. The Bertz CT molecular complexity index is 1250. The van der Waals surface area contributed by atoms with Crippen molar-refractivity contribution in [2.24, 2.45) is 0 Å². The second-order valence-corrected chi connectivity index (χ2v) is 10.5. The summed E-state index contributed by atoms with van der Waals surface area (Å²) in [4.78, 5) is 36.4. The van der Waals surface area contributed by atoms with Gasteiger partial charge < -0.3 is 9.64 Å². The summed E-state index contributed by atoms with van der Waals surface area (Å²) in [6.07, 6.45) is 7.01. The first-order valence-corrected chi connectivity index (χ1v) is 13.6. The van der Waals surface area contributed by atoms with Crippen LogP contribution in [0.4, 0.5) is 5.13 Å². The van der Waals surface area contributed by atoms with E-state index in [0.29, 0.717) is 16.4 Å². The Labute approximate surface area is 221 Å². The van der Waals surface area contributed by atoms with Crippen LogP contribution < -0.4 is 10.1 Å². The third-order valence-corrected chi connectivity index (χ3v) is 8.03. The van der Waals surface area contributed by atoms with Gasteiger partial charge in [-0.1, -0.05) is 42.5 Å². The molecule has 1 saturated heterocycles. The number of thiazole rings is 1. The smallest absolute Gasteiger partial charge is 0.257 e. The van der Waals surface area contributed by atoms with E-state index in [9.17, 15) is 9.59 Å². The van der Waals surface area contributed by atoms with E-state index in [1.807, 2.05) is 23.1 Å². The van der Waals surface area contributed by atoms with Crippen molar-refractivity contribution in [3.8, 4) is 5.75 Å². The average molecular weight is 517 g/mol. The van der Waals surface area contributed by atoms with E-state index in [1.54, 1.807) is 31.4 Å². The summed E-state index contributed by atoms with van der Waals surface area (Å²) >= 11 is 1.49. The van der Waals surface area contributed by atoms with Gasteiger partial charge in [-0.05, 0) is 49.1 Å². The Kier molecular flexibility index (Phi) is 7.96.